The van der Waals surface area contributed by atoms with Crippen LogP contribution in [0.25, 0.3) is 11.1 Å². The third-order valence-electron chi connectivity index (χ3n) is 3.30. The average Bonchev–Trinajstić information content (AvgIpc) is 2.69. The van der Waals surface area contributed by atoms with E-state index < -0.39 is 5.76 Å². The summed E-state index contributed by atoms with van der Waals surface area (Å²) in [6.45, 7) is 2.83. The summed E-state index contributed by atoms with van der Waals surface area (Å²) in [4.78, 5) is 13.8. The zero-order valence-electron chi connectivity index (χ0n) is 10.7. The van der Waals surface area contributed by atoms with Crippen molar-refractivity contribution in [3.8, 4) is 0 Å². The van der Waals surface area contributed by atoms with E-state index in [4.69, 9.17) is 10.2 Å². The maximum Gasteiger partial charge on any atom is 0.417 e. The van der Waals surface area contributed by atoms with Gasteiger partial charge in [-0.2, -0.15) is 0 Å². The summed E-state index contributed by atoms with van der Waals surface area (Å²) in [6, 6.07) is 5.97. The Morgan fingerprint density at radius 1 is 1.50 bits per heavy atom. The SMILES string of the molecule is CNC(c1ccc2oc(=O)[nH]c2c1)C(C)CCN. The van der Waals surface area contributed by atoms with Gasteiger partial charge >= 0.3 is 5.76 Å². The van der Waals surface area contributed by atoms with Crippen LogP contribution in [0.4, 0.5) is 0 Å². The van der Waals surface area contributed by atoms with E-state index >= 15 is 0 Å². The second-order valence-electron chi connectivity index (χ2n) is 4.59. The fourth-order valence-electron chi connectivity index (χ4n) is 2.37. The summed E-state index contributed by atoms with van der Waals surface area (Å²) in [5.74, 6) is 0.00855. The van der Waals surface area contributed by atoms with E-state index in [2.05, 4.69) is 17.2 Å². The number of nitrogens with two attached hydrogens (primary N) is 1. The summed E-state index contributed by atoms with van der Waals surface area (Å²) >= 11 is 0. The van der Waals surface area contributed by atoms with Gasteiger partial charge in [0.05, 0.1) is 5.52 Å². The molecule has 0 amide bonds. The molecule has 98 valence electrons. The van der Waals surface area contributed by atoms with E-state index in [1.54, 1.807) is 0 Å². The molecule has 0 bridgehead atoms. The minimum Gasteiger partial charge on any atom is -0.408 e. The first-order valence-corrected chi connectivity index (χ1v) is 6.15. The Labute approximate surface area is 105 Å². The highest BCUT2D eigenvalue weighted by molar-refractivity contribution is 5.72. The lowest BCUT2D eigenvalue weighted by atomic mass is 9.92. The van der Waals surface area contributed by atoms with Crippen molar-refractivity contribution in [2.45, 2.75) is 19.4 Å². The fourth-order valence-corrected chi connectivity index (χ4v) is 2.37. The first-order valence-electron chi connectivity index (χ1n) is 6.15. The second-order valence-corrected chi connectivity index (χ2v) is 4.59. The highest BCUT2D eigenvalue weighted by atomic mass is 16.4. The van der Waals surface area contributed by atoms with Gasteiger partial charge in [0.25, 0.3) is 0 Å². The topological polar surface area (TPSA) is 84.0 Å². The van der Waals surface area contributed by atoms with Crippen LogP contribution < -0.4 is 16.8 Å². The molecule has 0 aliphatic rings. The van der Waals surface area contributed by atoms with E-state index in [1.165, 1.54) is 0 Å². The summed E-state index contributed by atoms with van der Waals surface area (Å²) in [5, 5.41) is 3.30. The van der Waals surface area contributed by atoms with Crippen LogP contribution >= 0.6 is 0 Å². The third-order valence-corrected chi connectivity index (χ3v) is 3.30. The van der Waals surface area contributed by atoms with E-state index in [0.717, 1.165) is 17.5 Å². The third kappa shape index (κ3) is 2.47. The van der Waals surface area contributed by atoms with E-state index in [-0.39, 0.29) is 6.04 Å². The molecule has 5 nitrogen and oxygen atoms in total. The molecule has 2 aromatic rings. The van der Waals surface area contributed by atoms with Crippen molar-refractivity contribution >= 4 is 11.1 Å². The van der Waals surface area contributed by atoms with Gasteiger partial charge in [-0.25, -0.2) is 4.79 Å². The van der Waals surface area contributed by atoms with Gasteiger partial charge in [-0.05, 0) is 43.6 Å². The molecule has 2 rings (SSSR count). The van der Waals surface area contributed by atoms with E-state index in [9.17, 15) is 4.79 Å². The molecule has 0 spiro atoms. The maximum absolute atomic E-state index is 11.1. The Morgan fingerprint density at radius 3 is 2.94 bits per heavy atom. The minimum atomic E-state index is -0.418. The predicted molar refractivity (Wildman–Crippen MR) is 71.5 cm³/mol. The number of H-pyrrole nitrogens is 1. The number of hydrogen-bond acceptors (Lipinski definition) is 4. The zero-order chi connectivity index (χ0) is 13.1. The monoisotopic (exact) mass is 249 g/mol. The molecule has 0 aliphatic carbocycles. The molecule has 1 aromatic carbocycles. The van der Waals surface area contributed by atoms with Crippen LogP contribution in [0.3, 0.4) is 0 Å². The van der Waals surface area contributed by atoms with Crippen molar-refractivity contribution in [1.29, 1.82) is 0 Å². The van der Waals surface area contributed by atoms with Crippen molar-refractivity contribution in [2.75, 3.05) is 13.6 Å². The van der Waals surface area contributed by atoms with Crippen molar-refractivity contribution in [3.63, 3.8) is 0 Å². The summed E-state index contributed by atoms with van der Waals surface area (Å²) in [6.07, 6.45) is 0.950. The molecule has 1 aromatic heterocycles. The van der Waals surface area contributed by atoms with Crippen LogP contribution in [0.15, 0.2) is 27.4 Å². The van der Waals surface area contributed by atoms with Crippen molar-refractivity contribution in [3.05, 3.63) is 34.3 Å². The average molecular weight is 249 g/mol. The van der Waals surface area contributed by atoms with Crippen LogP contribution in [0.2, 0.25) is 0 Å². The first kappa shape index (κ1) is 12.9. The second kappa shape index (κ2) is 5.37. The molecule has 1 heterocycles. The van der Waals surface area contributed by atoms with Gasteiger partial charge in [-0.1, -0.05) is 13.0 Å². The first-order chi connectivity index (χ1) is 8.65. The molecule has 18 heavy (non-hydrogen) atoms. The Hall–Kier alpha value is -1.59. The largest absolute Gasteiger partial charge is 0.417 e. The van der Waals surface area contributed by atoms with Crippen LogP contribution in [-0.2, 0) is 0 Å². The molecule has 2 unspecified atom stereocenters. The van der Waals surface area contributed by atoms with Gasteiger partial charge in [0.2, 0.25) is 0 Å². The van der Waals surface area contributed by atoms with Gasteiger partial charge < -0.3 is 15.5 Å². The smallest absolute Gasteiger partial charge is 0.408 e. The zero-order valence-corrected chi connectivity index (χ0v) is 10.7. The number of oxazole rings is 1. The minimum absolute atomic E-state index is 0.219. The molecule has 2 atom stereocenters. The van der Waals surface area contributed by atoms with Crippen molar-refractivity contribution in [1.82, 2.24) is 10.3 Å². The van der Waals surface area contributed by atoms with Crippen LogP contribution in [-0.4, -0.2) is 18.6 Å². The molecule has 0 radical (unpaired) electrons. The number of nitrogens with one attached hydrogen (secondary N) is 2. The maximum atomic E-state index is 11.1. The lowest BCUT2D eigenvalue weighted by molar-refractivity contribution is 0.392. The van der Waals surface area contributed by atoms with Gasteiger partial charge in [0.1, 0.15) is 0 Å². The van der Waals surface area contributed by atoms with Gasteiger partial charge in [0.15, 0.2) is 5.58 Å². The lowest BCUT2D eigenvalue weighted by Crippen LogP contribution is -2.25. The van der Waals surface area contributed by atoms with Crippen LogP contribution in [0.1, 0.15) is 24.9 Å². The molecule has 0 aliphatic heterocycles. The number of benzene rings is 1. The molecule has 4 N–H and O–H groups in total. The van der Waals surface area contributed by atoms with Crippen LogP contribution in [0.5, 0.6) is 0 Å². The predicted octanol–water partition coefficient (Wildman–Crippen LogP) is 1.37. The summed E-state index contributed by atoms with van der Waals surface area (Å²) in [7, 11) is 1.93. The van der Waals surface area contributed by atoms with Gasteiger partial charge in [-0.15, -0.1) is 0 Å². The number of fused-ring (bicyclic) bond motifs is 1. The summed E-state index contributed by atoms with van der Waals surface area (Å²) < 4.78 is 4.99. The molecular weight excluding hydrogens is 230 g/mol. The van der Waals surface area contributed by atoms with Gasteiger partial charge in [-0.3, -0.25) is 4.98 Å². The number of aromatic amines is 1. The molecule has 0 saturated carbocycles. The van der Waals surface area contributed by atoms with Gasteiger partial charge in [0, 0.05) is 6.04 Å². The molecule has 0 fully saturated rings. The quantitative estimate of drug-likeness (QED) is 0.747. The highest BCUT2D eigenvalue weighted by Crippen LogP contribution is 2.25. The molecule has 5 heteroatoms. The Bertz CT molecular complexity index is 573. The van der Waals surface area contributed by atoms with Crippen molar-refractivity contribution in [2.24, 2.45) is 11.7 Å². The van der Waals surface area contributed by atoms with E-state index in [1.807, 2.05) is 25.2 Å². The number of rotatable bonds is 5. The lowest BCUT2D eigenvalue weighted by Gasteiger charge is -2.23. The Morgan fingerprint density at radius 2 is 2.28 bits per heavy atom. The van der Waals surface area contributed by atoms with E-state index in [0.29, 0.717) is 18.0 Å². The Kier molecular flexibility index (Phi) is 3.84. The van der Waals surface area contributed by atoms with Crippen LogP contribution in [0, 0.1) is 5.92 Å². The normalized spacial score (nSPS) is 14.8. The fraction of sp³-hybridized carbons (Fsp3) is 0.462. The highest BCUT2D eigenvalue weighted by Gasteiger charge is 2.17. The molecular formula is C13H19N3O2. The number of aromatic nitrogens is 1. The standard InChI is InChI=1S/C13H19N3O2/c1-8(5-6-14)12(15-2)9-3-4-11-10(7-9)16-13(17)18-11/h3-4,7-8,12,15H,5-6,14H2,1-2H3,(H,16,17). The molecule has 0 saturated heterocycles. The van der Waals surface area contributed by atoms with Crippen molar-refractivity contribution < 1.29 is 4.42 Å². The number of hydrogen-bond donors (Lipinski definition) is 3. The Balaban J connectivity index is 2.35. The summed E-state index contributed by atoms with van der Waals surface area (Å²) in [5.41, 5.74) is 8.05.